The number of nitrogens with two attached hydrogens (primary N) is 1. The molecule has 0 unspecified atom stereocenters. The van der Waals surface area contributed by atoms with Gasteiger partial charge in [0.05, 0.1) is 0 Å². The SMILES string of the molecule is CC.Cc1cc(Br)cc(Br)c1N. The van der Waals surface area contributed by atoms with Gasteiger partial charge < -0.3 is 5.73 Å². The number of benzene rings is 1. The first-order chi connectivity index (χ1) is 5.61. The lowest BCUT2D eigenvalue weighted by Gasteiger charge is -2.02. The first-order valence-corrected chi connectivity index (χ1v) is 5.41. The number of halogens is 2. The molecule has 12 heavy (non-hydrogen) atoms. The van der Waals surface area contributed by atoms with Crippen LogP contribution in [0.25, 0.3) is 0 Å². The van der Waals surface area contributed by atoms with E-state index in [-0.39, 0.29) is 0 Å². The van der Waals surface area contributed by atoms with E-state index < -0.39 is 0 Å². The lowest BCUT2D eigenvalue weighted by Crippen LogP contribution is -1.90. The van der Waals surface area contributed by atoms with Crippen molar-refractivity contribution in [3.8, 4) is 0 Å². The zero-order chi connectivity index (χ0) is 9.72. The summed E-state index contributed by atoms with van der Waals surface area (Å²) >= 11 is 6.70. The van der Waals surface area contributed by atoms with Gasteiger partial charge in [0.25, 0.3) is 0 Å². The standard InChI is InChI=1S/C7H7Br2N.C2H6/c1-4-2-5(8)3-6(9)7(4)10;1-2/h2-3H,10H2,1H3;1-2H3. The van der Waals surface area contributed by atoms with E-state index in [1.54, 1.807) is 0 Å². The van der Waals surface area contributed by atoms with Crippen LogP contribution in [0.2, 0.25) is 0 Å². The molecule has 0 fully saturated rings. The molecule has 0 bridgehead atoms. The Labute approximate surface area is 90.6 Å². The molecule has 0 atom stereocenters. The van der Waals surface area contributed by atoms with Gasteiger partial charge in [-0.2, -0.15) is 0 Å². The molecule has 1 rings (SSSR count). The average Bonchev–Trinajstić information content (AvgIpc) is 2.04. The molecule has 1 aromatic carbocycles. The molecule has 0 aromatic heterocycles. The van der Waals surface area contributed by atoms with Crippen molar-refractivity contribution in [1.82, 2.24) is 0 Å². The molecule has 68 valence electrons. The molecule has 2 N–H and O–H groups in total. The first-order valence-electron chi connectivity index (χ1n) is 3.82. The molecule has 0 heterocycles. The number of hydrogen-bond acceptors (Lipinski definition) is 1. The predicted octanol–water partition coefficient (Wildman–Crippen LogP) is 4.13. The molecule has 0 aliphatic carbocycles. The smallest absolute Gasteiger partial charge is 0.0488 e. The summed E-state index contributed by atoms with van der Waals surface area (Å²) in [5.74, 6) is 0. The zero-order valence-electron chi connectivity index (χ0n) is 7.49. The van der Waals surface area contributed by atoms with E-state index in [2.05, 4.69) is 31.9 Å². The van der Waals surface area contributed by atoms with Crippen LogP contribution in [0.4, 0.5) is 5.69 Å². The second-order valence-electron chi connectivity index (χ2n) is 2.12. The van der Waals surface area contributed by atoms with E-state index in [1.165, 1.54) is 0 Å². The van der Waals surface area contributed by atoms with Crippen LogP contribution in [0.5, 0.6) is 0 Å². The topological polar surface area (TPSA) is 26.0 Å². The van der Waals surface area contributed by atoms with Crippen LogP contribution in [-0.4, -0.2) is 0 Å². The van der Waals surface area contributed by atoms with Crippen molar-refractivity contribution < 1.29 is 0 Å². The summed E-state index contributed by atoms with van der Waals surface area (Å²) in [6.07, 6.45) is 0. The van der Waals surface area contributed by atoms with Gasteiger partial charge in [0.2, 0.25) is 0 Å². The highest BCUT2D eigenvalue weighted by atomic mass is 79.9. The molecule has 1 nitrogen and oxygen atoms in total. The van der Waals surface area contributed by atoms with Crippen molar-refractivity contribution in [3.05, 3.63) is 26.6 Å². The fraction of sp³-hybridized carbons (Fsp3) is 0.333. The number of aryl methyl sites for hydroxylation is 1. The van der Waals surface area contributed by atoms with Crippen molar-refractivity contribution in [2.75, 3.05) is 5.73 Å². The molecule has 0 radical (unpaired) electrons. The van der Waals surface area contributed by atoms with Crippen LogP contribution in [0.15, 0.2) is 21.1 Å². The van der Waals surface area contributed by atoms with Crippen LogP contribution >= 0.6 is 31.9 Å². The molecule has 0 amide bonds. The molecule has 0 saturated heterocycles. The molecule has 0 saturated carbocycles. The number of nitrogen functional groups attached to an aromatic ring is 1. The highest BCUT2D eigenvalue weighted by Gasteiger charge is 1.99. The molecule has 0 aliphatic heterocycles. The van der Waals surface area contributed by atoms with Gasteiger partial charge in [-0.1, -0.05) is 29.8 Å². The van der Waals surface area contributed by atoms with Gasteiger partial charge >= 0.3 is 0 Å². The monoisotopic (exact) mass is 293 g/mol. The molecular formula is C9H13Br2N. The second-order valence-corrected chi connectivity index (χ2v) is 3.89. The maximum atomic E-state index is 5.68. The minimum Gasteiger partial charge on any atom is -0.398 e. The molecule has 0 aliphatic rings. The van der Waals surface area contributed by atoms with Crippen LogP contribution in [-0.2, 0) is 0 Å². The van der Waals surface area contributed by atoms with Gasteiger partial charge in [0.1, 0.15) is 0 Å². The third kappa shape index (κ3) is 3.15. The number of anilines is 1. The van der Waals surface area contributed by atoms with Gasteiger partial charge in [-0.05, 0) is 40.5 Å². The van der Waals surface area contributed by atoms with E-state index in [9.17, 15) is 0 Å². The highest BCUT2D eigenvalue weighted by molar-refractivity contribution is 9.11. The average molecular weight is 295 g/mol. The summed E-state index contributed by atoms with van der Waals surface area (Å²) in [5.41, 5.74) is 7.58. The van der Waals surface area contributed by atoms with Crippen molar-refractivity contribution in [1.29, 1.82) is 0 Å². The van der Waals surface area contributed by atoms with Gasteiger partial charge in [0, 0.05) is 14.6 Å². The predicted molar refractivity (Wildman–Crippen MR) is 62.3 cm³/mol. The van der Waals surface area contributed by atoms with Crippen LogP contribution in [0.1, 0.15) is 19.4 Å². The highest BCUT2D eigenvalue weighted by Crippen LogP contribution is 2.27. The molecule has 3 heteroatoms. The Bertz CT molecular complexity index is 236. The Morgan fingerprint density at radius 1 is 1.17 bits per heavy atom. The third-order valence-electron chi connectivity index (χ3n) is 1.30. The van der Waals surface area contributed by atoms with Crippen LogP contribution < -0.4 is 5.73 Å². The van der Waals surface area contributed by atoms with Gasteiger partial charge in [-0.3, -0.25) is 0 Å². The summed E-state index contributed by atoms with van der Waals surface area (Å²) in [5, 5.41) is 0. The maximum Gasteiger partial charge on any atom is 0.0488 e. The van der Waals surface area contributed by atoms with Crippen molar-refractivity contribution >= 4 is 37.5 Å². The lowest BCUT2D eigenvalue weighted by atomic mass is 10.2. The Morgan fingerprint density at radius 3 is 2.08 bits per heavy atom. The fourth-order valence-electron chi connectivity index (χ4n) is 0.713. The van der Waals surface area contributed by atoms with Crippen LogP contribution in [0.3, 0.4) is 0 Å². The fourth-order valence-corrected chi connectivity index (χ4v) is 2.15. The summed E-state index contributed by atoms with van der Waals surface area (Å²) < 4.78 is 1.99. The summed E-state index contributed by atoms with van der Waals surface area (Å²) in [6.45, 7) is 5.98. The van der Waals surface area contributed by atoms with E-state index in [1.807, 2.05) is 32.9 Å². The van der Waals surface area contributed by atoms with Gasteiger partial charge in [-0.25, -0.2) is 0 Å². The van der Waals surface area contributed by atoms with E-state index in [4.69, 9.17) is 5.73 Å². The van der Waals surface area contributed by atoms with Gasteiger partial charge in [0.15, 0.2) is 0 Å². The van der Waals surface area contributed by atoms with Crippen molar-refractivity contribution in [2.24, 2.45) is 0 Å². The maximum absolute atomic E-state index is 5.68. The Morgan fingerprint density at radius 2 is 1.67 bits per heavy atom. The van der Waals surface area contributed by atoms with E-state index in [0.29, 0.717) is 0 Å². The Hall–Kier alpha value is -0.0200. The van der Waals surface area contributed by atoms with Crippen LogP contribution in [0, 0.1) is 6.92 Å². The Balaban J connectivity index is 0.000000561. The van der Waals surface area contributed by atoms with E-state index >= 15 is 0 Å². The summed E-state index contributed by atoms with van der Waals surface area (Å²) in [4.78, 5) is 0. The van der Waals surface area contributed by atoms with Gasteiger partial charge in [-0.15, -0.1) is 0 Å². The minimum absolute atomic E-state index is 0.809. The quantitative estimate of drug-likeness (QED) is 0.716. The zero-order valence-corrected chi connectivity index (χ0v) is 10.7. The largest absolute Gasteiger partial charge is 0.398 e. The summed E-state index contributed by atoms with van der Waals surface area (Å²) in [6, 6.07) is 3.92. The minimum atomic E-state index is 0.809. The molecule has 1 aromatic rings. The second kappa shape index (κ2) is 5.60. The van der Waals surface area contributed by atoms with Crippen molar-refractivity contribution in [3.63, 3.8) is 0 Å². The Kier molecular flexibility index (Phi) is 5.59. The number of rotatable bonds is 0. The number of hydrogen-bond donors (Lipinski definition) is 1. The molecule has 0 spiro atoms. The van der Waals surface area contributed by atoms with E-state index in [0.717, 1.165) is 20.2 Å². The molecular weight excluding hydrogens is 282 g/mol. The third-order valence-corrected chi connectivity index (χ3v) is 2.42. The normalized spacial score (nSPS) is 8.75. The van der Waals surface area contributed by atoms with Crippen molar-refractivity contribution in [2.45, 2.75) is 20.8 Å². The first kappa shape index (κ1) is 12.0. The lowest BCUT2D eigenvalue weighted by molar-refractivity contribution is 1.43. The summed E-state index contributed by atoms with van der Waals surface area (Å²) in [7, 11) is 0.